The van der Waals surface area contributed by atoms with Crippen LogP contribution < -0.4 is 10.5 Å². The number of rotatable bonds is 3. The van der Waals surface area contributed by atoms with E-state index < -0.39 is 0 Å². The molecule has 19 heavy (non-hydrogen) atoms. The minimum Gasteiger partial charge on any atom is -0.497 e. The van der Waals surface area contributed by atoms with Crippen molar-refractivity contribution in [3.63, 3.8) is 0 Å². The van der Waals surface area contributed by atoms with Crippen molar-refractivity contribution in [3.8, 4) is 28.7 Å². The van der Waals surface area contributed by atoms with Gasteiger partial charge in [0, 0.05) is 5.56 Å². The molecule has 0 bridgehead atoms. The number of aromatic nitrogens is 4. The van der Waals surface area contributed by atoms with E-state index in [2.05, 4.69) is 25.1 Å². The van der Waals surface area contributed by atoms with Crippen molar-refractivity contribution in [2.75, 3.05) is 12.8 Å². The van der Waals surface area contributed by atoms with Gasteiger partial charge in [-0.25, -0.2) is 4.63 Å². The molecule has 2 N–H and O–H groups in total. The summed E-state index contributed by atoms with van der Waals surface area (Å²) in [5.74, 6) is 1.43. The Bertz CT molecular complexity index is 688. The SMILES string of the molecule is COc1ccc(-c2nc(-c3nonc3N)no2)cc1. The fourth-order valence-electron chi connectivity index (χ4n) is 1.52. The number of nitrogen functional groups attached to an aromatic ring is 1. The Labute approximate surface area is 107 Å². The summed E-state index contributed by atoms with van der Waals surface area (Å²) < 4.78 is 14.7. The molecule has 0 unspecified atom stereocenters. The van der Waals surface area contributed by atoms with Crippen molar-refractivity contribution >= 4 is 5.82 Å². The Balaban J connectivity index is 1.94. The highest BCUT2D eigenvalue weighted by Crippen LogP contribution is 2.24. The number of ether oxygens (including phenoxy) is 1. The molecule has 96 valence electrons. The Morgan fingerprint density at radius 1 is 1.11 bits per heavy atom. The second-order valence-electron chi connectivity index (χ2n) is 3.65. The molecule has 8 nitrogen and oxygen atoms in total. The van der Waals surface area contributed by atoms with Crippen LogP contribution in [0.5, 0.6) is 5.75 Å². The van der Waals surface area contributed by atoms with E-state index in [1.807, 2.05) is 0 Å². The monoisotopic (exact) mass is 259 g/mol. The second-order valence-corrected chi connectivity index (χ2v) is 3.65. The molecule has 0 saturated carbocycles. The molecule has 0 aliphatic carbocycles. The number of methoxy groups -OCH3 is 1. The van der Waals surface area contributed by atoms with Crippen LogP contribution in [-0.2, 0) is 0 Å². The molecule has 0 radical (unpaired) electrons. The van der Waals surface area contributed by atoms with Crippen LogP contribution in [0.4, 0.5) is 5.82 Å². The topological polar surface area (TPSA) is 113 Å². The molecule has 2 aromatic heterocycles. The van der Waals surface area contributed by atoms with Gasteiger partial charge in [0.1, 0.15) is 5.75 Å². The highest BCUT2D eigenvalue weighted by Gasteiger charge is 2.17. The smallest absolute Gasteiger partial charge is 0.258 e. The summed E-state index contributed by atoms with van der Waals surface area (Å²) in [4.78, 5) is 4.18. The summed E-state index contributed by atoms with van der Waals surface area (Å²) in [6.07, 6.45) is 0. The van der Waals surface area contributed by atoms with E-state index in [0.29, 0.717) is 5.89 Å². The second kappa shape index (κ2) is 4.41. The summed E-state index contributed by atoms with van der Waals surface area (Å²) in [5.41, 5.74) is 6.56. The van der Waals surface area contributed by atoms with Crippen molar-refractivity contribution < 1.29 is 13.9 Å². The van der Waals surface area contributed by atoms with Crippen LogP contribution in [0.2, 0.25) is 0 Å². The average molecular weight is 259 g/mol. The first-order valence-corrected chi connectivity index (χ1v) is 5.34. The third kappa shape index (κ3) is 1.99. The van der Waals surface area contributed by atoms with Gasteiger partial charge in [-0.2, -0.15) is 4.98 Å². The van der Waals surface area contributed by atoms with Gasteiger partial charge in [-0.1, -0.05) is 5.16 Å². The molecule has 0 atom stereocenters. The van der Waals surface area contributed by atoms with Crippen molar-refractivity contribution in [2.45, 2.75) is 0 Å². The van der Waals surface area contributed by atoms with Crippen molar-refractivity contribution in [1.29, 1.82) is 0 Å². The van der Waals surface area contributed by atoms with Crippen molar-refractivity contribution in [1.82, 2.24) is 20.5 Å². The zero-order valence-electron chi connectivity index (χ0n) is 9.90. The molecule has 0 spiro atoms. The van der Waals surface area contributed by atoms with E-state index in [-0.39, 0.29) is 17.3 Å². The van der Waals surface area contributed by atoms with Gasteiger partial charge in [0.05, 0.1) is 7.11 Å². The number of hydrogen-bond acceptors (Lipinski definition) is 8. The summed E-state index contributed by atoms with van der Waals surface area (Å²) >= 11 is 0. The Morgan fingerprint density at radius 3 is 2.53 bits per heavy atom. The molecule has 2 heterocycles. The number of nitrogens with zero attached hydrogens (tertiary/aromatic N) is 4. The number of anilines is 1. The van der Waals surface area contributed by atoms with E-state index in [9.17, 15) is 0 Å². The van der Waals surface area contributed by atoms with Gasteiger partial charge in [0.25, 0.3) is 5.89 Å². The molecular formula is C11H9N5O3. The lowest BCUT2D eigenvalue weighted by Crippen LogP contribution is -1.89. The first kappa shape index (κ1) is 11.2. The number of benzene rings is 1. The highest BCUT2D eigenvalue weighted by molar-refractivity contribution is 5.64. The molecule has 0 fully saturated rings. The summed E-state index contributed by atoms with van der Waals surface area (Å²) in [6, 6.07) is 7.21. The third-order valence-electron chi connectivity index (χ3n) is 2.49. The minimum atomic E-state index is 0.113. The Morgan fingerprint density at radius 2 is 1.89 bits per heavy atom. The van der Waals surface area contributed by atoms with Gasteiger partial charge in [-0.3, -0.25) is 0 Å². The standard InChI is InChI=1S/C11H9N5O3/c1-17-7-4-2-6(3-5-7)11-13-10(16-18-11)8-9(12)15-19-14-8/h2-5H,1H3,(H2,12,15). The van der Waals surface area contributed by atoms with E-state index in [1.54, 1.807) is 31.4 Å². The van der Waals surface area contributed by atoms with Crippen LogP contribution in [0.1, 0.15) is 0 Å². The third-order valence-corrected chi connectivity index (χ3v) is 2.49. The first-order valence-electron chi connectivity index (χ1n) is 5.34. The predicted molar refractivity (Wildman–Crippen MR) is 64.0 cm³/mol. The van der Waals surface area contributed by atoms with Gasteiger partial charge in [0.2, 0.25) is 5.82 Å². The van der Waals surface area contributed by atoms with Gasteiger partial charge in [-0.05, 0) is 34.6 Å². The van der Waals surface area contributed by atoms with E-state index in [4.69, 9.17) is 15.0 Å². The van der Waals surface area contributed by atoms with Crippen LogP contribution in [0.25, 0.3) is 23.0 Å². The van der Waals surface area contributed by atoms with Crippen LogP contribution >= 0.6 is 0 Å². The molecular weight excluding hydrogens is 250 g/mol. The van der Waals surface area contributed by atoms with Crippen LogP contribution in [0.3, 0.4) is 0 Å². The minimum absolute atomic E-state index is 0.113. The van der Waals surface area contributed by atoms with Crippen LogP contribution in [0.15, 0.2) is 33.4 Å². The molecule has 3 rings (SSSR count). The quantitative estimate of drug-likeness (QED) is 0.750. The Hall–Kier alpha value is -2.90. The highest BCUT2D eigenvalue weighted by atomic mass is 16.6. The molecule has 1 aromatic carbocycles. The Kier molecular flexibility index (Phi) is 2.60. The molecule has 0 aliphatic heterocycles. The van der Waals surface area contributed by atoms with E-state index in [1.165, 1.54) is 0 Å². The molecule has 0 saturated heterocycles. The zero-order valence-corrected chi connectivity index (χ0v) is 9.90. The van der Waals surface area contributed by atoms with Crippen molar-refractivity contribution in [2.24, 2.45) is 0 Å². The van der Waals surface area contributed by atoms with Crippen molar-refractivity contribution in [3.05, 3.63) is 24.3 Å². The average Bonchev–Trinajstić information content (AvgIpc) is 3.07. The van der Waals surface area contributed by atoms with Gasteiger partial charge in [-0.15, -0.1) is 0 Å². The maximum atomic E-state index is 5.55. The number of nitrogens with two attached hydrogens (primary N) is 1. The maximum absolute atomic E-state index is 5.55. The molecule has 0 aliphatic rings. The maximum Gasteiger partial charge on any atom is 0.258 e. The van der Waals surface area contributed by atoms with Crippen LogP contribution in [0, 0.1) is 0 Å². The van der Waals surface area contributed by atoms with E-state index in [0.717, 1.165) is 11.3 Å². The summed E-state index contributed by atoms with van der Waals surface area (Å²) in [6.45, 7) is 0. The lowest BCUT2D eigenvalue weighted by atomic mass is 10.2. The fraction of sp³-hybridized carbons (Fsp3) is 0.0909. The molecule has 0 amide bonds. The van der Waals surface area contributed by atoms with E-state index >= 15 is 0 Å². The lowest BCUT2D eigenvalue weighted by molar-refractivity contribution is 0.310. The zero-order chi connectivity index (χ0) is 13.2. The van der Waals surface area contributed by atoms with Gasteiger partial charge in [0.15, 0.2) is 11.5 Å². The van der Waals surface area contributed by atoms with Crippen LogP contribution in [-0.4, -0.2) is 27.6 Å². The number of hydrogen-bond donors (Lipinski definition) is 1. The molecule has 3 aromatic rings. The largest absolute Gasteiger partial charge is 0.497 e. The van der Waals surface area contributed by atoms with Gasteiger partial charge >= 0.3 is 0 Å². The summed E-state index contributed by atoms with van der Waals surface area (Å²) in [7, 11) is 1.60. The normalized spacial score (nSPS) is 10.6. The van der Waals surface area contributed by atoms with Gasteiger partial charge < -0.3 is 15.0 Å². The lowest BCUT2D eigenvalue weighted by Gasteiger charge is -1.98. The predicted octanol–water partition coefficient (Wildman–Crippen LogP) is 1.38. The fourth-order valence-corrected chi connectivity index (χ4v) is 1.52. The summed E-state index contributed by atoms with van der Waals surface area (Å²) in [5, 5.41) is 10.8. The molecule has 8 heteroatoms. The first-order chi connectivity index (χ1) is 9.28.